The van der Waals surface area contributed by atoms with E-state index in [0.717, 1.165) is 6.54 Å². The average Bonchev–Trinajstić information content (AvgIpc) is 2.81. The Kier molecular flexibility index (Phi) is 5.87. The zero-order chi connectivity index (χ0) is 13.5. The number of nitrogens with one attached hydrogen (secondary N) is 2. The van der Waals surface area contributed by atoms with E-state index in [1.807, 2.05) is 7.05 Å². The summed E-state index contributed by atoms with van der Waals surface area (Å²) < 4.78 is 5.29. The van der Waals surface area contributed by atoms with Crippen LogP contribution in [0.4, 0.5) is 4.79 Å². The lowest BCUT2D eigenvalue weighted by Crippen LogP contribution is -2.43. The summed E-state index contributed by atoms with van der Waals surface area (Å²) in [6.45, 7) is 1.70. The van der Waals surface area contributed by atoms with Gasteiger partial charge in [-0.15, -0.1) is 0 Å². The van der Waals surface area contributed by atoms with E-state index >= 15 is 0 Å². The van der Waals surface area contributed by atoms with Gasteiger partial charge < -0.3 is 25.4 Å². The first-order valence-electron chi connectivity index (χ1n) is 6.06. The summed E-state index contributed by atoms with van der Waals surface area (Å²) in [4.78, 5) is 23.9. The lowest BCUT2D eigenvalue weighted by atomic mass is 10.2. The number of urea groups is 1. The van der Waals surface area contributed by atoms with E-state index in [1.165, 1.54) is 0 Å². The second kappa shape index (κ2) is 7.17. The average molecular weight is 259 g/mol. The van der Waals surface area contributed by atoms with Crippen molar-refractivity contribution in [2.45, 2.75) is 25.0 Å². The molecule has 1 heterocycles. The van der Waals surface area contributed by atoms with Crippen LogP contribution >= 0.6 is 0 Å². The van der Waals surface area contributed by atoms with Gasteiger partial charge in [-0.1, -0.05) is 0 Å². The first-order chi connectivity index (χ1) is 8.54. The number of ether oxygens (including phenoxy) is 1. The van der Waals surface area contributed by atoms with Crippen LogP contribution in [0.3, 0.4) is 0 Å². The van der Waals surface area contributed by atoms with Crippen molar-refractivity contribution in [1.82, 2.24) is 15.5 Å². The van der Waals surface area contributed by atoms with Gasteiger partial charge in [0.25, 0.3) is 0 Å². The van der Waals surface area contributed by atoms with E-state index in [4.69, 9.17) is 9.84 Å². The summed E-state index contributed by atoms with van der Waals surface area (Å²) in [5, 5.41) is 14.5. The van der Waals surface area contributed by atoms with Gasteiger partial charge in [-0.05, 0) is 19.9 Å². The van der Waals surface area contributed by atoms with Crippen LogP contribution in [0.1, 0.15) is 12.8 Å². The number of hydrogen-bond acceptors (Lipinski definition) is 4. The standard InChI is InChI=1S/C11H21N3O4/c1-12-5-6-14(2)11(17)13-7-8-3-4-9(18-8)10(15)16/h8-9,12H,3-7H2,1-2H3,(H,13,17)(H,15,16). The van der Waals surface area contributed by atoms with Crippen molar-refractivity contribution in [2.75, 3.05) is 33.7 Å². The summed E-state index contributed by atoms with van der Waals surface area (Å²) in [5.74, 6) is -0.935. The zero-order valence-corrected chi connectivity index (χ0v) is 10.8. The molecule has 0 spiro atoms. The normalized spacial score (nSPS) is 22.8. The molecule has 3 N–H and O–H groups in total. The molecule has 1 rings (SSSR count). The molecule has 0 aromatic rings. The molecule has 7 nitrogen and oxygen atoms in total. The molecule has 7 heteroatoms. The van der Waals surface area contributed by atoms with Gasteiger partial charge in [0.1, 0.15) is 0 Å². The number of likely N-dealkylation sites (N-methyl/N-ethyl adjacent to an activating group) is 2. The second-order valence-corrected chi connectivity index (χ2v) is 4.37. The van der Waals surface area contributed by atoms with Crippen LogP contribution in [0.25, 0.3) is 0 Å². The molecular weight excluding hydrogens is 238 g/mol. The molecule has 0 saturated carbocycles. The predicted octanol–water partition coefficient (Wildman–Crippen LogP) is -0.521. The first-order valence-corrected chi connectivity index (χ1v) is 6.06. The number of amides is 2. The Morgan fingerprint density at radius 3 is 2.72 bits per heavy atom. The van der Waals surface area contributed by atoms with Crippen LogP contribution in [0.15, 0.2) is 0 Å². The Labute approximate surface area is 106 Å². The fourth-order valence-corrected chi connectivity index (χ4v) is 1.75. The fraction of sp³-hybridized carbons (Fsp3) is 0.818. The number of aliphatic carboxylic acids is 1. The Bertz CT molecular complexity index is 298. The molecule has 0 aromatic carbocycles. The molecule has 18 heavy (non-hydrogen) atoms. The summed E-state index contributed by atoms with van der Waals surface area (Å²) in [7, 11) is 3.53. The third kappa shape index (κ3) is 4.50. The minimum atomic E-state index is -0.935. The highest BCUT2D eigenvalue weighted by Gasteiger charge is 2.30. The van der Waals surface area contributed by atoms with Crippen molar-refractivity contribution in [2.24, 2.45) is 0 Å². The maximum Gasteiger partial charge on any atom is 0.332 e. The minimum absolute atomic E-state index is 0.173. The summed E-state index contributed by atoms with van der Waals surface area (Å²) >= 11 is 0. The molecule has 1 aliphatic heterocycles. The lowest BCUT2D eigenvalue weighted by molar-refractivity contribution is -0.149. The van der Waals surface area contributed by atoms with E-state index in [2.05, 4.69) is 10.6 Å². The van der Waals surface area contributed by atoms with Crippen molar-refractivity contribution < 1.29 is 19.4 Å². The van der Waals surface area contributed by atoms with Gasteiger partial charge in [0, 0.05) is 26.7 Å². The molecule has 0 bridgehead atoms. The Morgan fingerprint density at radius 1 is 1.44 bits per heavy atom. The van der Waals surface area contributed by atoms with E-state index in [1.54, 1.807) is 11.9 Å². The zero-order valence-electron chi connectivity index (χ0n) is 10.8. The molecule has 1 aliphatic rings. The van der Waals surface area contributed by atoms with Crippen LogP contribution < -0.4 is 10.6 Å². The predicted molar refractivity (Wildman–Crippen MR) is 65.5 cm³/mol. The molecule has 1 saturated heterocycles. The molecule has 2 atom stereocenters. The monoisotopic (exact) mass is 259 g/mol. The molecule has 0 radical (unpaired) electrons. The van der Waals surface area contributed by atoms with Gasteiger partial charge in [-0.25, -0.2) is 9.59 Å². The topological polar surface area (TPSA) is 90.9 Å². The van der Waals surface area contributed by atoms with Crippen molar-refractivity contribution in [1.29, 1.82) is 0 Å². The van der Waals surface area contributed by atoms with Gasteiger partial charge in [0.2, 0.25) is 0 Å². The highest BCUT2D eigenvalue weighted by molar-refractivity contribution is 5.74. The Balaban J connectivity index is 2.21. The highest BCUT2D eigenvalue weighted by atomic mass is 16.5. The first kappa shape index (κ1) is 14.7. The van der Waals surface area contributed by atoms with Crippen molar-refractivity contribution >= 4 is 12.0 Å². The van der Waals surface area contributed by atoms with Crippen molar-refractivity contribution in [3.63, 3.8) is 0 Å². The second-order valence-electron chi connectivity index (χ2n) is 4.37. The quantitative estimate of drug-likeness (QED) is 0.597. The third-order valence-corrected chi connectivity index (χ3v) is 2.91. The van der Waals surface area contributed by atoms with Crippen LogP contribution in [0.2, 0.25) is 0 Å². The van der Waals surface area contributed by atoms with Gasteiger partial charge in [0.05, 0.1) is 6.10 Å². The SMILES string of the molecule is CNCCN(C)C(=O)NCC1CCC(C(=O)O)O1. The lowest BCUT2D eigenvalue weighted by Gasteiger charge is -2.19. The maximum atomic E-state index is 11.6. The largest absolute Gasteiger partial charge is 0.479 e. The molecular formula is C11H21N3O4. The van der Waals surface area contributed by atoms with Crippen molar-refractivity contribution in [3.8, 4) is 0 Å². The highest BCUT2D eigenvalue weighted by Crippen LogP contribution is 2.19. The van der Waals surface area contributed by atoms with E-state index in [9.17, 15) is 9.59 Å². The number of carboxylic acid groups (broad SMARTS) is 1. The van der Waals surface area contributed by atoms with Crippen LogP contribution in [0, 0.1) is 0 Å². The number of carbonyl (C=O) groups excluding carboxylic acids is 1. The number of carboxylic acids is 1. The summed E-state index contributed by atoms with van der Waals surface area (Å²) in [6, 6.07) is -0.173. The van der Waals surface area contributed by atoms with Gasteiger partial charge in [0.15, 0.2) is 6.10 Å². The molecule has 1 fully saturated rings. The van der Waals surface area contributed by atoms with Gasteiger partial charge >= 0.3 is 12.0 Å². The molecule has 2 amide bonds. The maximum absolute atomic E-state index is 11.6. The van der Waals surface area contributed by atoms with E-state index < -0.39 is 12.1 Å². The van der Waals surface area contributed by atoms with Gasteiger partial charge in [-0.2, -0.15) is 0 Å². The fourth-order valence-electron chi connectivity index (χ4n) is 1.75. The van der Waals surface area contributed by atoms with E-state index in [-0.39, 0.29) is 12.1 Å². The third-order valence-electron chi connectivity index (χ3n) is 2.91. The molecule has 104 valence electrons. The molecule has 0 aliphatic carbocycles. The van der Waals surface area contributed by atoms with Crippen molar-refractivity contribution in [3.05, 3.63) is 0 Å². The Hall–Kier alpha value is -1.34. The van der Waals surface area contributed by atoms with Crippen LogP contribution in [-0.4, -0.2) is 67.9 Å². The Morgan fingerprint density at radius 2 is 2.17 bits per heavy atom. The molecule has 0 aromatic heterocycles. The molecule has 2 unspecified atom stereocenters. The number of carbonyl (C=O) groups is 2. The number of rotatable bonds is 6. The summed E-state index contributed by atoms with van der Waals surface area (Å²) in [6.07, 6.45) is 0.241. The van der Waals surface area contributed by atoms with E-state index in [0.29, 0.717) is 25.9 Å². The minimum Gasteiger partial charge on any atom is -0.479 e. The van der Waals surface area contributed by atoms with Crippen LogP contribution in [-0.2, 0) is 9.53 Å². The van der Waals surface area contributed by atoms with Gasteiger partial charge in [-0.3, -0.25) is 0 Å². The number of hydrogen-bond donors (Lipinski definition) is 3. The van der Waals surface area contributed by atoms with Crippen LogP contribution in [0.5, 0.6) is 0 Å². The number of nitrogens with zero attached hydrogens (tertiary/aromatic N) is 1. The smallest absolute Gasteiger partial charge is 0.332 e. The summed E-state index contributed by atoms with van der Waals surface area (Å²) in [5.41, 5.74) is 0.